The topological polar surface area (TPSA) is 117 Å². The maximum Gasteiger partial charge on any atom is 0.410 e. The number of nitrogens with one attached hydrogen (secondary N) is 1. The van der Waals surface area contributed by atoms with Crippen molar-refractivity contribution in [1.82, 2.24) is 4.90 Å². The van der Waals surface area contributed by atoms with Crippen LogP contribution in [0.3, 0.4) is 0 Å². The van der Waals surface area contributed by atoms with Crippen molar-refractivity contribution in [3.63, 3.8) is 0 Å². The number of hydrogen-bond acceptors (Lipinski definition) is 6. The molecule has 2 rings (SSSR count). The van der Waals surface area contributed by atoms with Crippen molar-refractivity contribution in [3.8, 4) is 0 Å². The van der Waals surface area contributed by atoms with Gasteiger partial charge in [0.15, 0.2) is 6.04 Å². The summed E-state index contributed by atoms with van der Waals surface area (Å²) in [7, 11) is 0. The summed E-state index contributed by atoms with van der Waals surface area (Å²) in [5.41, 5.74) is -0.446. The van der Waals surface area contributed by atoms with E-state index in [0.717, 1.165) is 0 Å². The minimum absolute atomic E-state index is 0.166. The first-order chi connectivity index (χ1) is 12.1. The van der Waals surface area contributed by atoms with Crippen LogP contribution in [-0.4, -0.2) is 53.7 Å². The number of carboxylic acids is 1. The minimum Gasteiger partial charge on any atom is -0.544 e. The van der Waals surface area contributed by atoms with Gasteiger partial charge in [-0.2, -0.15) is 0 Å². The van der Waals surface area contributed by atoms with E-state index in [0.29, 0.717) is 36.6 Å². The van der Waals surface area contributed by atoms with Crippen molar-refractivity contribution in [3.05, 3.63) is 39.9 Å². The molecule has 9 nitrogen and oxygen atoms in total. The number of rotatable bonds is 4. The highest BCUT2D eigenvalue weighted by atomic mass is 16.6. The van der Waals surface area contributed by atoms with Crippen LogP contribution in [0.25, 0.3) is 0 Å². The van der Waals surface area contributed by atoms with Crippen molar-refractivity contribution in [2.24, 2.45) is 0 Å². The fourth-order valence-corrected chi connectivity index (χ4v) is 2.95. The molecule has 1 aromatic carbocycles. The molecule has 0 aliphatic carbocycles. The van der Waals surface area contributed by atoms with Gasteiger partial charge in [-0.25, -0.2) is 4.79 Å². The Balaban J connectivity index is 2.09. The number of carbonyl (C=O) groups excluding carboxylic acids is 2. The molecule has 0 radical (unpaired) electrons. The summed E-state index contributed by atoms with van der Waals surface area (Å²) >= 11 is 0. The normalized spacial score (nSPS) is 16.8. The van der Waals surface area contributed by atoms with Gasteiger partial charge >= 0.3 is 6.09 Å². The van der Waals surface area contributed by atoms with Gasteiger partial charge in [0, 0.05) is 17.7 Å². The monoisotopic (exact) mass is 365 g/mol. The number of non-ortho nitro benzene ring substituents is 1. The minimum atomic E-state index is -1.30. The first-order valence-electron chi connectivity index (χ1n) is 8.36. The smallest absolute Gasteiger partial charge is 0.410 e. The molecule has 1 amide bonds. The zero-order valence-electron chi connectivity index (χ0n) is 15.1. The van der Waals surface area contributed by atoms with E-state index < -0.39 is 28.6 Å². The number of piperazine rings is 1. The Morgan fingerprint density at radius 2 is 1.88 bits per heavy atom. The van der Waals surface area contributed by atoms with Crippen LogP contribution < -0.4 is 10.0 Å². The van der Waals surface area contributed by atoms with E-state index in [1.165, 1.54) is 23.1 Å². The SMILES string of the molecule is CC(C)(C)OC(=O)N1CC[NH+]([C@@H](C(=O)[O-])c2cccc([N+](=O)[O-])c2)CC1. The summed E-state index contributed by atoms with van der Waals surface area (Å²) in [5, 5.41) is 22.6. The molecule has 0 spiro atoms. The van der Waals surface area contributed by atoms with Gasteiger partial charge in [-0.05, 0) is 20.8 Å². The summed E-state index contributed by atoms with van der Waals surface area (Å²) in [5.74, 6) is -1.30. The molecule has 0 aromatic heterocycles. The van der Waals surface area contributed by atoms with E-state index in [1.807, 2.05) is 0 Å². The van der Waals surface area contributed by atoms with Crippen molar-refractivity contribution >= 4 is 17.7 Å². The second-order valence-corrected chi connectivity index (χ2v) is 7.23. The van der Waals surface area contributed by atoms with E-state index in [-0.39, 0.29) is 5.69 Å². The van der Waals surface area contributed by atoms with Crippen LogP contribution in [0.2, 0.25) is 0 Å². The fourth-order valence-electron chi connectivity index (χ4n) is 2.95. The molecule has 0 saturated carbocycles. The Kier molecular flexibility index (Phi) is 5.81. The van der Waals surface area contributed by atoms with Crippen molar-refractivity contribution < 1.29 is 29.3 Å². The third kappa shape index (κ3) is 4.92. The Morgan fingerprint density at radius 3 is 2.38 bits per heavy atom. The first kappa shape index (κ1) is 19.6. The number of hydrogen-bond donors (Lipinski definition) is 1. The van der Waals surface area contributed by atoms with Gasteiger partial charge in [0.2, 0.25) is 0 Å². The predicted octanol–water partition coefficient (Wildman–Crippen LogP) is -0.479. The number of carbonyl (C=O) groups is 2. The highest BCUT2D eigenvalue weighted by Gasteiger charge is 2.33. The quantitative estimate of drug-likeness (QED) is 0.569. The second-order valence-electron chi connectivity index (χ2n) is 7.23. The molecule has 1 N–H and O–H groups in total. The van der Waals surface area contributed by atoms with Gasteiger partial charge in [0.05, 0.1) is 31.1 Å². The Hall–Kier alpha value is -2.68. The predicted molar refractivity (Wildman–Crippen MR) is 89.3 cm³/mol. The lowest BCUT2D eigenvalue weighted by molar-refractivity contribution is -0.928. The number of nitro benzene ring substituents is 1. The Morgan fingerprint density at radius 1 is 1.27 bits per heavy atom. The van der Waals surface area contributed by atoms with Crippen molar-refractivity contribution in [2.75, 3.05) is 26.2 Å². The van der Waals surface area contributed by atoms with Crippen LogP contribution in [0.5, 0.6) is 0 Å². The molecule has 26 heavy (non-hydrogen) atoms. The molecule has 0 bridgehead atoms. The van der Waals surface area contributed by atoms with Crippen molar-refractivity contribution in [1.29, 1.82) is 0 Å². The number of ether oxygens (including phenoxy) is 1. The summed E-state index contributed by atoms with van der Waals surface area (Å²) in [6.45, 7) is 6.76. The summed E-state index contributed by atoms with van der Waals surface area (Å²) < 4.78 is 5.32. The number of nitro groups is 1. The number of nitrogens with zero attached hydrogens (tertiary/aromatic N) is 2. The second kappa shape index (κ2) is 7.69. The van der Waals surface area contributed by atoms with Crippen molar-refractivity contribution in [2.45, 2.75) is 32.4 Å². The number of quaternary nitrogens is 1. The number of carboxylic acid groups (broad SMARTS) is 1. The molecule has 1 fully saturated rings. The lowest BCUT2D eigenvalue weighted by atomic mass is 10.0. The third-order valence-corrected chi connectivity index (χ3v) is 4.12. The highest BCUT2D eigenvalue weighted by Crippen LogP contribution is 2.18. The summed E-state index contributed by atoms with van der Waals surface area (Å²) in [6.07, 6.45) is -0.433. The number of amides is 1. The first-order valence-corrected chi connectivity index (χ1v) is 8.36. The van der Waals surface area contributed by atoms with Gasteiger partial charge in [0.25, 0.3) is 5.69 Å². The maximum atomic E-state index is 12.1. The molecule has 1 heterocycles. The number of aliphatic carboxylic acids is 1. The highest BCUT2D eigenvalue weighted by molar-refractivity contribution is 5.72. The standard InChI is InChI=1S/C17H23N3O6/c1-17(2,3)26-16(23)19-9-7-18(8-10-19)14(15(21)22)12-5-4-6-13(11-12)20(24)25/h4-6,11,14H,7-10H2,1-3H3,(H,21,22)/t14-/m1/s1. The Bertz CT molecular complexity index is 692. The van der Waals surface area contributed by atoms with Gasteiger partial charge in [0.1, 0.15) is 11.6 Å². The molecular weight excluding hydrogens is 342 g/mol. The average Bonchev–Trinajstić information content (AvgIpc) is 2.54. The molecule has 1 atom stereocenters. The zero-order chi connectivity index (χ0) is 19.5. The maximum absolute atomic E-state index is 12.1. The number of benzene rings is 1. The van der Waals surface area contributed by atoms with Crippen LogP contribution in [0.15, 0.2) is 24.3 Å². The molecule has 142 valence electrons. The average molecular weight is 365 g/mol. The van der Waals surface area contributed by atoms with E-state index in [1.54, 1.807) is 26.8 Å². The Labute approximate surface area is 151 Å². The van der Waals surface area contributed by atoms with Crippen LogP contribution >= 0.6 is 0 Å². The molecular formula is C17H23N3O6. The lowest BCUT2D eigenvalue weighted by Crippen LogP contribution is -3.16. The fraction of sp³-hybridized carbons (Fsp3) is 0.529. The van der Waals surface area contributed by atoms with Crippen LogP contribution in [0.1, 0.15) is 32.4 Å². The van der Waals surface area contributed by atoms with Gasteiger partial charge < -0.3 is 19.5 Å². The molecule has 1 aliphatic rings. The van der Waals surface area contributed by atoms with E-state index in [4.69, 9.17) is 4.74 Å². The molecule has 1 saturated heterocycles. The zero-order valence-corrected chi connectivity index (χ0v) is 15.1. The van der Waals surface area contributed by atoms with E-state index in [2.05, 4.69) is 0 Å². The van der Waals surface area contributed by atoms with Crippen LogP contribution in [-0.2, 0) is 9.53 Å². The lowest BCUT2D eigenvalue weighted by Gasteiger charge is -2.37. The largest absolute Gasteiger partial charge is 0.544 e. The summed E-state index contributed by atoms with van der Waals surface area (Å²) in [6, 6.07) is 4.54. The summed E-state index contributed by atoms with van der Waals surface area (Å²) in [4.78, 5) is 36.4. The van der Waals surface area contributed by atoms with E-state index in [9.17, 15) is 24.8 Å². The van der Waals surface area contributed by atoms with Gasteiger partial charge in [-0.15, -0.1) is 0 Å². The van der Waals surface area contributed by atoms with Gasteiger partial charge in [-0.3, -0.25) is 15.0 Å². The van der Waals surface area contributed by atoms with Crippen LogP contribution in [0, 0.1) is 10.1 Å². The molecule has 0 unspecified atom stereocenters. The van der Waals surface area contributed by atoms with Crippen LogP contribution in [0.4, 0.5) is 10.5 Å². The van der Waals surface area contributed by atoms with E-state index >= 15 is 0 Å². The third-order valence-electron chi connectivity index (χ3n) is 4.12. The molecule has 1 aromatic rings. The molecule has 9 heteroatoms. The van der Waals surface area contributed by atoms with Gasteiger partial charge in [-0.1, -0.05) is 12.1 Å². The molecule has 1 aliphatic heterocycles.